The smallest absolute Gasteiger partial charge is 0.175 e. The van der Waals surface area contributed by atoms with Gasteiger partial charge in [-0.15, -0.1) is 0 Å². The average molecular weight is 372 g/mol. The third-order valence-corrected chi connectivity index (χ3v) is 3.59. The van der Waals surface area contributed by atoms with Gasteiger partial charge in [0.25, 0.3) is 0 Å². The zero-order chi connectivity index (χ0) is 14.7. The fraction of sp³-hybridized carbons (Fsp3) is 0.0714. The lowest BCUT2D eigenvalue weighted by Gasteiger charge is -2.13. The van der Waals surface area contributed by atoms with Gasteiger partial charge in [-0.3, -0.25) is 0 Å². The Labute approximate surface area is 136 Å². The lowest BCUT2D eigenvalue weighted by molar-refractivity contribution is 0.478. The molecule has 104 valence electrons. The molecule has 0 bridgehead atoms. The van der Waals surface area contributed by atoms with E-state index in [4.69, 9.17) is 23.8 Å². The van der Waals surface area contributed by atoms with Gasteiger partial charge in [0, 0.05) is 4.47 Å². The zero-order valence-electron chi connectivity index (χ0n) is 10.6. The van der Waals surface area contributed by atoms with Crippen molar-refractivity contribution < 1.29 is 5.11 Å². The third kappa shape index (κ3) is 3.85. The van der Waals surface area contributed by atoms with Gasteiger partial charge in [-0.05, 0) is 55.0 Å². The van der Waals surface area contributed by atoms with Gasteiger partial charge in [0.1, 0.15) is 5.75 Å². The quantitative estimate of drug-likeness (QED) is 0.517. The highest BCUT2D eigenvalue weighted by atomic mass is 79.9. The van der Waals surface area contributed by atoms with Crippen molar-refractivity contribution in [3.63, 3.8) is 0 Å². The maximum Gasteiger partial charge on any atom is 0.175 e. The summed E-state index contributed by atoms with van der Waals surface area (Å²) >= 11 is 14.7. The number of thiocarbonyl (C=S) groups is 1. The highest BCUT2D eigenvalue weighted by Gasteiger charge is 2.06. The molecule has 0 fully saturated rings. The summed E-state index contributed by atoms with van der Waals surface area (Å²) in [6.45, 7) is 1.94. The lowest BCUT2D eigenvalue weighted by atomic mass is 10.2. The van der Waals surface area contributed by atoms with Crippen molar-refractivity contribution in [1.82, 2.24) is 0 Å². The molecular formula is C14H12BrClN2OS. The number of aromatic hydroxyl groups is 1. The Kier molecular flexibility index (Phi) is 4.86. The summed E-state index contributed by atoms with van der Waals surface area (Å²) in [4.78, 5) is 0. The summed E-state index contributed by atoms with van der Waals surface area (Å²) in [5.74, 6) is 0.140. The van der Waals surface area contributed by atoms with Crippen LogP contribution in [0.4, 0.5) is 11.4 Å². The van der Waals surface area contributed by atoms with Crippen molar-refractivity contribution in [1.29, 1.82) is 0 Å². The summed E-state index contributed by atoms with van der Waals surface area (Å²) in [6, 6.07) is 10.7. The van der Waals surface area contributed by atoms with Crippen LogP contribution in [-0.2, 0) is 0 Å². The number of phenolic OH excluding ortho intramolecular Hbond substituents is 1. The Bertz CT molecular complexity index is 664. The minimum atomic E-state index is 0.140. The van der Waals surface area contributed by atoms with Crippen LogP contribution in [0.15, 0.2) is 40.9 Å². The van der Waals surface area contributed by atoms with Gasteiger partial charge >= 0.3 is 0 Å². The SMILES string of the molecule is Cc1ccc(O)c(NC(=S)Nc2ccc(Br)cc2Cl)c1. The molecule has 0 spiro atoms. The van der Waals surface area contributed by atoms with Crippen LogP contribution in [0.1, 0.15) is 5.56 Å². The van der Waals surface area contributed by atoms with Crippen molar-refractivity contribution >= 4 is 56.2 Å². The molecule has 0 aliphatic rings. The topological polar surface area (TPSA) is 44.3 Å². The number of nitrogens with one attached hydrogen (secondary N) is 2. The van der Waals surface area contributed by atoms with Crippen LogP contribution < -0.4 is 10.6 Å². The van der Waals surface area contributed by atoms with E-state index >= 15 is 0 Å². The van der Waals surface area contributed by atoms with Gasteiger partial charge < -0.3 is 15.7 Å². The number of benzene rings is 2. The Morgan fingerprint density at radius 1 is 1.15 bits per heavy atom. The van der Waals surface area contributed by atoms with E-state index in [2.05, 4.69) is 26.6 Å². The summed E-state index contributed by atoms with van der Waals surface area (Å²) in [5.41, 5.74) is 2.27. The highest BCUT2D eigenvalue weighted by Crippen LogP contribution is 2.27. The van der Waals surface area contributed by atoms with E-state index in [0.717, 1.165) is 10.0 Å². The first-order chi connectivity index (χ1) is 9.45. The average Bonchev–Trinajstić information content (AvgIpc) is 2.37. The van der Waals surface area contributed by atoms with Gasteiger partial charge in [-0.25, -0.2) is 0 Å². The molecule has 6 heteroatoms. The van der Waals surface area contributed by atoms with Crippen molar-refractivity contribution in [3.8, 4) is 5.75 Å². The van der Waals surface area contributed by atoms with E-state index in [0.29, 0.717) is 21.5 Å². The molecular weight excluding hydrogens is 360 g/mol. The number of hydrogen-bond donors (Lipinski definition) is 3. The highest BCUT2D eigenvalue weighted by molar-refractivity contribution is 9.10. The summed E-state index contributed by atoms with van der Waals surface area (Å²) in [5, 5.41) is 16.6. The second-order valence-electron chi connectivity index (χ2n) is 4.22. The van der Waals surface area contributed by atoms with Crippen LogP contribution in [0.3, 0.4) is 0 Å². The lowest BCUT2D eigenvalue weighted by Crippen LogP contribution is -2.19. The van der Waals surface area contributed by atoms with Gasteiger partial charge in [0.2, 0.25) is 0 Å². The minimum Gasteiger partial charge on any atom is -0.506 e. The molecule has 0 radical (unpaired) electrons. The summed E-state index contributed by atoms with van der Waals surface area (Å²) < 4.78 is 0.892. The first-order valence-corrected chi connectivity index (χ1v) is 7.36. The van der Waals surface area contributed by atoms with E-state index in [9.17, 15) is 5.11 Å². The Morgan fingerprint density at radius 3 is 2.55 bits per heavy atom. The maximum atomic E-state index is 9.76. The van der Waals surface area contributed by atoms with Crippen LogP contribution in [0.25, 0.3) is 0 Å². The van der Waals surface area contributed by atoms with E-state index in [1.54, 1.807) is 12.1 Å². The molecule has 3 nitrogen and oxygen atoms in total. The Balaban J connectivity index is 2.11. The number of phenols is 1. The third-order valence-electron chi connectivity index (χ3n) is 2.58. The number of halogens is 2. The van der Waals surface area contributed by atoms with Crippen molar-refractivity contribution in [2.45, 2.75) is 6.92 Å². The first-order valence-electron chi connectivity index (χ1n) is 5.78. The molecule has 2 aromatic carbocycles. The maximum absolute atomic E-state index is 9.76. The molecule has 0 saturated heterocycles. The first kappa shape index (κ1) is 15.1. The molecule has 0 unspecified atom stereocenters. The number of anilines is 2. The van der Waals surface area contributed by atoms with Gasteiger partial charge in [0.15, 0.2) is 5.11 Å². The molecule has 0 aliphatic carbocycles. The van der Waals surface area contributed by atoms with Crippen LogP contribution in [0, 0.1) is 6.92 Å². The van der Waals surface area contributed by atoms with Gasteiger partial charge in [-0.2, -0.15) is 0 Å². The van der Waals surface area contributed by atoms with Gasteiger partial charge in [0.05, 0.1) is 16.4 Å². The zero-order valence-corrected chi connectivity index (χ0v) is 13.7. The Hall–Kier alpha value is -1.30. The predicted octanol–water partition coefficient (Wildman–Crippen LogP) is 4.93. The van der Waals surface area contributed by atoms with Crippen LogP contribution in [0.5, 0.6) is 5.75 Å². The molecule has 3 N–H and O–H groups in total. The number of rotatable bonds is 2. The van der Waals surface area contributed by atoms with E-state index in [1.807, 2.05) is 31.2 Å². The van der Waals surface area contributed by atoms with Crippen LogP contribution >= 0.6 is 39.7 Å². The summed E-state index contributed by atoms with van der Waals surface area (Å²) in [7, 11) is 0. The van der Waals surface area contributed by atoms with Crippen LogP contribution in [-0.4, -0.2) is 10.2 Å². The molecule has 2 rings (SSSR count). The second kappa shape index (κ2) is 6.43. The molecule has 0 aromatic heterocycles. The molecule has 20 heavy (non-hydrogen) atoms. The fourth-order valence-corrected chi connectivity index (χ4v) is 2.56. The number of hydrogen-bond acceptors (Lipinski definition) is 2. The largest absolute Gasteiger partial charge is 0.506 e. The Morgan fingerprint density at radius 2 is 1.85 bits per heavy atom. The molecule has 0 amide bonds. The van der Waals surface area contributed by atoms with Gasteiger partial charge in [-0.1, -0.05) is 33.6 Å². The summed E-state index contributed by atoms with van der Waals surface area (Å²) in [6.07, 6.45) is 0. The van der Waals surface area contributed by atoms with E-state index in [1.165, 1.54) is 0 Å². The van der Waals surface area contributed by atoms with Crippen molar-refractivity contribution in [2.75, 3.05) is 10.6 Å². The standard InChI is InChI=1S/C14H12BrClN2OS/c1-8-2-5-13(19)12(6-8)18-14(20)17-11-4-3-9(15)7-10(11)16/h2-7,19H,1H3,(H2,17,18,20). The van der Waals surface area contributed by atoms with Crippen molar-refractivity contribution in [3.05, 3.63) is 51.5 Å². The molecule has 0 heterocycles. The number of aryl methyl sites for hydroxylation is 1. The predicted molar refractivity (Wildman–Crippen MR) is 91.8 cm³/mol. The van der Waals surface area contributed by atoms with Crippen molar-refractivity contribution in [2.24, 2.45) is 0 Å². The second-order valence-corrected chi connectivity index (χ2v) is 5.96. The van der Waals surface area contributed by atoms with E-state index < -0.39 is 0 Å². The normalized spacial score (nSPS) is 10.2. The minimum absolute atomic E-state index is 0.140. The molecule has 2 aromatic rings. The van der Waals surface area contributed by atoms with Crippen LogP contribution in [0.2, 0.25) is 5.02 Å². The fourth-order valence-electron chi connectivity index (χ4n) is 1.62. The molecule has 0 saturated carbocycles. The molecule has 0 atom stereocenters. The monoisotopic (exact) mass is 370 g/mol. The van der Waals surface area contributed by atoms with E-state index in [-0.39, 0.29) is 5.75 Å². The molecule has 0 aliphatic heterocycles.